The molecule has 0 bridgehead atoms. The molecular formula is C12H23N3S. The standard InChI is InChI=1S/C12H23N3S/c1-2-3-7-10-13-15-12(16)14-11-8-5-4-6-9-11/h10-11H,2-9H2,1H3,(H2,14,15,16)/b13-10+. The Labute approximate surface area is 104 Å². The number of nitrogens with zero attached hydrogens (tertiary/aromatic N) is 1. The van der Waals surface area contributed by atoms with Gasteiger partial charge >= 0.3 is 0 Å². The van der Waals surface area contributed by atoms with Crippen LogP contribution in [0.3, 0.4) is 0 Å². The number of unbranched alkanes of at least 4 members (excludes halogenated alkanes) is 2. The van der Waals surface area contributed by atoms with E-state index in [1.807, 2.05) is 6.21 Å². The van der Waals surface area contributed by atoms with E-state index in [2.05, 4.69) is 22.8 Å². The smallest absolute Gasteiger partial charge is 0.187 e. The predicted molar refractivity (Wildman–Crippen MR) is 73.8 cm³/mol. The fourth-order valence-corrected chi connectivity index (χ4v) is 2.15. The van der Waals surface area contributed by atoms with E-state index in [9.17, 15) is 0 Å². The summed E-state index contributed by atoms with van der Waals surface area (Å²) in [5, 5.41) is 8.08. The van der Waals surface area contributed by atoms with E-state index >= 15 is 0 Å². The Morgan fingerprint density at radius 1 is 1.38 bits per heavy atom. The van der Waals surface area contributed by atoms with Gasteiger partial charge in [0.05, 0.1) is 0 Å². The van der Waals surface area contributed by atoms with Gasteiger partial charge in [-0.15, -0.1) is 0 Å². The topological polar surface area (TPSA) is 36.4 Å². The third-order valence-corrected chi connectivity index (χ3v) is 3.09. The minimum absolute atomic E-state index is 0.555. The van der Waals surface area contributed by atoms with Crippen LogP contribution in [0.2, 0.25) is 0 Å². The van der Waals surface area contributed by atoms with Crippen molar-refractivity contribution in [2.45, 2.75) is 64.3 Å². The molecule has 0 heterocycles. The van der Waals surface area contributed by atoms with Crippen LogP contribution in [0.15, 0.2) is 5.10 Å². The predicted octanol–water partition coefficient (Wildman–Crippen LogP) is 2.96. The first kappa shape index (κ1) is 13.4. The lowest BCUT2D eigenvalue weighted by molar-refractivity contribution is 0.412. The molecule has 0 radical (unpaired) electrons. The number of hydrogen-bond donors (Lipinski definition) is 2. The van der Waals surface area contributed by atoms with Crippen molar-refractivity contribution in [3.63, 3.8) is 0 Å². The van der Waals surface area contributed by atoms with Crippen molar-refractivity contribution >= 4 is 23.5 Å². The lowest BCUT2D eigenvalue weighted by Gasteiger charge is -2.23. The van der Waals surface area contributed by atoms with E-state index in [-0.39, 0.29) is 0 Å². The lowest BCUT2D eigenvalue weighted by Crippen LogP contribution is -2.40. The van der Waals surface area contributed by atoms with Crippen LogP contribution in [0.5, 0.6) is 0 Å². The van der Waals surface area contributed by atoms with E-state index in [0.29, 0.717) is 11.2 Å². The second kappa shape index (κ2) is 8.50. The van der Waals surface area contributed by atoms with Crippen molar-refractivity contribution in [3.05, 3.63) is 0 Å². The number of thiocarbonyl (C=S) groups is 1. The van der Waals surface area contributed by atoms with Crippen LogP contribution < -0.4 is 10.7 Å². The average Bonchev–Trinajstić information content (AvgIpc) is 2.30. The summed E-state index contributed by atoms with van der Waals surface area (Å²) in [6, 6.07) is 0.555. The molecule has 0 unspecified atom stereocenters. The maximum Gasteiger partial charge on any atom is 0.187 e. The third-order valence-electron chi connectivity index (χ3n) is 2.88. The van der Waals surface area contributed by atoms with Crippen molar-refractivity contribution in [3.8, 4) is 0 Å². The molecule has 0 amide bonds. The number of nitrogens with one attached hydrogen (secondary N) is 2. The molecule has 1 saturated carbocycles. The van der Waals surface area contributed by atoms with E-state index in [1.54, 1.807) is 0 Å². The van der Waals surface area contributed by atoms with Crippen molar-refractivity contribution < 1.29 is 0 Å². The van der Waals surface area contributed by atoms with Crippen LogP contribution in [-0.4, -0.2) is 17.4 Å². The lowest BCUT2D eigenvalue weighted by atomic mass is 9.96. The van der Waals surface area contributed by atoms with Crippen LogP contribution >= 0.6 is 12.2 Å². The Hall–Kier alpha value is -0.640. The van der Waals surface area contributed by atoms with Gasteiger partial charge in [0.25, 0.3) is 0 Å². The molecular weight excluding hydrogens is 218 g/mol. The molecule has 16 heavy (non-hydrogen) atoms. The molecule has 0 aromatic heterocycles. The maximum absolute atomic E-state index is 5.18. The molecule has 0 aromatic carbocycles. The summed E-state index contributed by atoms with van der Waals surface area (Å²) in [4.78, 5) is 0. The van der Waals surface area contributed by atoms with E-state index in [4.69, 9.17) is 12.2 Å². The van der Waals surface area contributed by atoms with Crippen molar-refractivity contribution in [1.29, 1.82) is 0 Å². The molecule has 1 aliphatic rings. The Morgan fingerprint density at radius 3 is 2.81 bits per heavy atom. The highest BCUT2D eigenvalue weighted by molar-refractivity contribution is 7.80. The average molecular weight is 241 g/mol. The number of hydrogen-bond acceptors (Lipinski definition) is 2. The molecule has 1 fully saturated rings. The van der Waals surface area contributed by atoms with Crippen LogP contribution in [-0.2, 0) is 0 Å². The molecule has 0 atom stereocenters. The van der Waals surface area contributed by atoms with Crippen molar-refractivity contribution in [2.75, 3.05) is 0 Å². The van der Waals surface area contributed by atoms with Gasteiger partial charge in [-0.05, 0) is 37.9 Å². The molecule has 4 heteroatoms. The summed E-state index contributed by atoms with van der Waals surface area (Å²) < 4.78 is 0. The summed E-state index contributed by atoms with van der Waals surface area (Å²) >= 11 is 5.18. The van der Waals surface area contributed by atoms with Gasteiger partial charge in [-0.3, -0.25) is 5.43 Å². The number of rotatable bonds is 5. The summed E-state index contributed by atoms with van der Waals surface area (Å²) in [5.41, 5.74) is 2.88. The summed E-state index contributed by atoms with van der Waals surface area (Å²) in [7, 11) is 0. The fraction of sp³-hybridized carbons (Fsp3) is 0.833. The second-order valence-electron chi connectivity index (χ2n) is 4.37. The van der Waals surface area contributed by atoms with Crippen molar-refractivity contribution in [1.82, 2.24) is 10.7 Å². The van der Waals surface area contributed by atoms with Gasteiger partial charge in [0.2, 0.25) is 0 Å². The Kier molecular flexibility index (Phi) is 7.14. The van der Waals surface area contributed by atoms with E-state index in [1.165, 1.54) is 44.9 Å². The quantitative estimate of drug-likeness (QED) is 0.336. The SMILES string of the molecule is CCCC/C=N/NC(=S)NC1CCCCC1. The monoisotopic (exact) mass is 241 g/mol. The Bertz CT molecular complexity index is 222. The minimum atomic E-state index is 0.555. The van der Waals surface area contributed by atoms with Crippen LogP contribution in [0.4, 0.5) is 0 Å². The molecule has 3 nitrogen and oxygen atoms in total. The summed E-state index contributed by atoms with van der Waals surface area (Å²) in [6.45, 7) is 2.18. The zero-order chi connectivity index (χ0) is 11.6. The van der Waals surface area contributed by atoms with E-state index < -0.39 is 0 Å². The highest BCUT2D eigenvalue weighted by Gasteiger charge is 2.13. The van der Waals surface area contributed by atoms with Gasteiger partial charge in [0.1, 0.15) is 0 Å². The largest absolute Gasteiger partial charge is 0.359 e. The summed E-state index contributed by atoms with van der Waals surface area (Å²) in [5.74, 6) is 0. The first-order chi connectivity index (χ1) is 7.83. The zero-order valence-corrected chi connectivity index (χ0v) is 11.0. The van der Waals surface area contributed by atoms with Gasteiger partial charge in [-0.25, -0.2) is 0 Å². The van der Waals surface area contributed by atoms with Crippen LogP contribution in [0, 0.1) is 0 Å². The van der Waals surface area contributed by atoms with Gasteiger partial charge in [0.15, 0.2) is 5.11 Å². The molecule has 0 spiro atoms. The molecule has 2 N–H and O–H groups in total. The van der Waals surface area contributed by atoms with Crippen LogP contribution in [0.1, 0.15) is 58.3 Å². The molecule has 1 rings (SSSR count). The fourth-order valence-electron chi connectivity index (χ4n) is 1.93. The Balaban J connectivity index is 2.07. The van der Waals surface area contributed by atoms with E-state index in [0.717, 1.165) is 6.42 Å². The first-order valence-electron chi connectivity index (χ1n) is 6.41. The second-order valence-corrected chi connectivity index (χ2v) is 4.78. The number of hydrazone groups is 1. The molecule has 1 aliphatic carbocycles. The normalized spacial score (nSPS) is 17.6. The van der Waals surface area contributed by atoms with Gasteiger partial charge in [-0.2, -0.15) is 5.10 Å². The molecule has 0 aromatic rings. The Morgan fingerprint density at radius 2 is 2.12 bits per heavy atom. The third kappa shape index (κ3) is 6.05. The zero-order valence-electron chi connectivity index (χ0n) is 10.2. The minimum Gasteiger partial charge on any atom is -0.359 e. The van der Waals surface area contributed by atoms with Gasteiger partial charge in [-0.1, -0.05) is 32.6 Å². The van der Waals surface area contributed by atoms with Crippen molar-refractivity contribution in [2.24, 2.45) is 5.10 Å². The highest BCUT2D eigenvalue weighted by atomic mass is 32.1. The summed E-state index contributed by atoms with van der Waals surface area (Å²) in [6.07, 6.45) is 11.8. The van der Waals surface area contributed by atoms with Crippen LogP contribution in [0.25, 0.3) is 0 Å². The van der Waals surface area contributed by atoms with Gasteiger partial charge in [0, 0.05) is 12.3 Å². The molecule has 92 valence electrons. The highest BCUT2D eigenvalue weighted by Crippen LogP contribution is 2.17. The maximum atomic E-state index is 5.18. The molecule has 0 aliphatic heterocycles. The first-order valence-corrected chi connectivity index (χ1v) is 6.81. The molecule has 0 saturated heterocycles. The van der Waals surface area contributed by atoms with Gasteiger partial charge < -0.3 is 5.32 Å².